The van der Waals surface area contributed by atoms with Gasteiger partial charge in [-0.05, 0) is 32.8 Å². The number of alkyl carbamates (subject to hydrolysis) is 1. The Morgan fingerprint density at radius 1 is 1.15 bits per heavy atom. The van der Waals surface area contributed by atoms with Crippen LogP contribution in [0.4, 0.5) is 4.79 Å². The summed E-state index contributed by atoms with van der Waals surface area (Å²) in [4.78, 5) is 36.9. The van der Waals surface area contributed by atoms with Gasteiger partial charge in [-0.15, -0.1) is 6.58 Å². The van der Waals surface area contributed by atoms with Crippen molar-refractivity contribution in [3.8, 4) is 0 Å². The Morgan fingerprint density at radius 2 is 1.78 bits per heavy atom. The molecule has 7 heteroatoms. The highest BCUT2D eigenvalue weighted by molar-refractivity contribution is 5.88. The van der Waals surface area contributed by atoms with Crippen LogP contribution in [0.2, 0.25) is 0 Å². The van der Waals surface area contributed by atoms with E-state index in [4.69, 9.17) is 14.2 Å². The molecule has 0 fully saturated rings. The van der Waals surface area contributed by atoms with Gasteiger partial charge in [0.25, 0.3) is 0 Å². The first kappa shape index (κ1) is 22.2. The van der Waals surface area contributed by atoms with E-state index >= 15 is 0 Å². The number of methoxy groups -OCH3 is 1. The fourth-order valence-corrected chi connectivity index (χ4v) is 2.28. The number of ether oxygens (including phenoxy) is 3. The molecule has 1 N–H and O–H groups in total. The van der Waals surface area contributed by atoms with E-state index in [0.29, 0.717) is 0 Å². The molecule has 0 unspecified atom stereocenters. The molecule has 1 aromatic rings. The van der Waals surface area contributed by atoms with Crippen LogP contribution in [0.25, 0.3) is 0 Å². The summed E-state index contributed by atoms with van der Waals surface area (Å²) in [7, 11) is 1.21. The van der Waals surface area contributed by atoms with Crippen molar-refractivity contribution in [1.29, 1.82) is 0 Å². The normalized spacial score (nSPS) is 13.0. The highest BCUT2D eigenvalue weighted by Crippen LogP contribution is 2.18. The molecule has 0 aliphatic heterocycles. The fraction of sp³-hybridized carbons (Fsp3) is 0.450. The predicted octanol–water partition coefficient (Wildman–Crippen LogP) is 2.99. The summed E-state index contributed by atoms with van der Waals surface area (Å²) in [5.41, 5.74) is -0.00290. The monoisotopic (exact) mass is 377 g/mol. The summed E-state index contributed by atoms with van der Waals surface area (Å²) in [5.74, 6) is -2.39. The van der Waals surface area contributed by atoms with E-state index in [0.717, 1.165) is 5.56 Å². The van der Waals surface area contributed by atoms with Crippen molar-refractivity contribution < 1.29 is 28.6 Å². The van der Waals surface area contributed by atoms with Gasteiger partial charge < -0.3 is 19.5 Å². The molecule has 0 aromatic heterocycles. The van der Waals surface area contributed by atoms with E-state index in [2.05, 4.69) is 11.9 Å². The lowest BCUT2D eigenvalue weighted by Gasteiger charge is -2.27. The van der Waals surface area contributed by atoms with Crippen molar-refractivity contribution in [2.45, 2.75) is 45.4 Å². The van der Waals surface area contributed by atoms with Crippen molar-refractivity contribution in [1.82, 2.24) is 5.32 Å². The summed E-state index contributed by atoms with van der Waals surface area (Å²) >= 11 is 0. The van der Waals surface area contributed by atoms with Gasteiger partial charge >= 0.3 is 18.0 Å². The largest absolute Gasteiger partial charge is 0.469 e. The number of carbonyl (C=O) groups is 3. The van der Waals surface area contributed by atoms with Crippen LogP contribution in [-0.2, 0) is 30.4 Å². The second-order valence-corrected chi connectivity index (χ2v) is 6.87. The zero-order valence-electron chi connectivity index (χ0n) is 16.2. The van der Waals surface area contributed by atoms with Crippen molar-refractivity contribution in [3.63, 3.8) is 0 Å². The van der Waals surface area contributed by atoms with Gasteiger partial charge in [-0.25, -0.2) is 9.59 Å². The third-order valence-corrected chi connectivity index (χ3v) is 3.47. The Bertz CT molecular complexity index is 650. The highest BCUT2D eigenvalue weighted by atomic mass is 16.6. The number of esters is 2. The van der Waals surface area contributed by atoms with E-state index in [1.165, 1.54) is 13.2 Å². The molecule has 0 saturated carbocycles. The van der Waals surface area contributed by atoms with Crippen molar-refractivity contribution in [2.24, 2.45) is 5.92 Å². The van der Waals surface area contributed by atoms with Crippen molar-refractivity contribution in [2.75, 3.05) is 7.11 Å². The van der Waals surface area contributed by atoms with Gasteiger partial charge in [-0.3, -0.25) is 4.79 Å². The summed E-state index contributed by atoms with van der Waals surface area (Å²) in [6.07, 6.45) is 0.749. The number of hydrogen-bond donors (Lipinski definition) is 1. The quantitative estimate of drug-likeness (QED) is 0.425. The smallest absolute Gasteiger partial charge is 0.408 e. The van der Waals surface area contributed by atoms with E-state index < -0.39 is 35.6 Å². The van der Waals surface area contributed by atoms with Gasteiger partial charge in [0.2, 0.25) is 0 Å². The van der Waals surface area contributed by atoms with Crippen LogP contribution in [0.5, 0.6) is 0 Å². The summed E-state index contributed by atoms with van der Waals surface area (Å²) in [6.45, 7) is 8.68. The molecule has 148 valence electrons. The third-order valence-electron chi connectivity index (χ3n) is 3.47. The van der Waals surface area contributed by atoms with Gasteiger partial charge in [0.05, 0.1) is 13.0 Å². The molecule has 0 spiro atoms. The lowest BCUT2D eigenvalue weighted by atomic mass is 9.96. The molecule has 27 heavy (non-hydrogen) atoms. The average Bonchev–Trinajstić information content (AvgIpc) is 2.61. The molecule has 0 bridgehead atoms. The molecule has 0 aliphatic rings. The molecule has 1 aromatic carbocycles. The molecule has 0 aliphatic carbocycles. The van der Waals surface area contributed by atoms with Gasteiger partial charge in [0.1, 0.15) is 18.2 Å². The Hall–Kier alpha value is -2.83. The maximum Gasteiger partial charge on any atom is 0.408 e. The first-order valence-electron chi connectivity index (χ1n) is 8.56. The maximum absolute atomic E-state index is 12.6. The molecule has 1 rings (SSSR count). The molecule has 0 saturated heterocycles. The number of rotatable bonds is 8. The van der Waals surface area contributed by atoms with Gasteiger partial charge in [0, 0.05) is 0 Å². The zero-order valence-corrected chi connectivity index (χ0v) is 16.2. The summed E-state index contributed by atoms with van der Waals surface area (Å²) < 4.78 is 15.2. The Morgan fingerprint density at radius 3 is 2.30 bits per heavy atom. The standard InChI is InChI=1S/C20H27NO6/c1-6-10-15(17(22)25-5)16(18(23)27-20(2,3)4)21-19(24)26-13-14-11-8-7-9-12-14/h6-9,11-12,15-16H,1,10,13H2,2-5H3,(H,21,24)/t15-,16+/m1/s1. The predicted molar refractivity (Wildman–Crippen MR) is 99.7 cm³/mol. The molecule has 2 atom stereocenters. The van der Waals surface area contributed by atoms with E-state index in [9.17, 15) is 14.4 Å². The van der Waals surface area contributed by atoms with E-state index in [1.807, 2.05) is 18.2 Å². The van der Waals surface area contributed by atoms with Crippen LogP contribution in [0.1, 0.15) is 32.8 Å². The Labute approximate surface area is 159 Å². The SMILES string of the molecule is C=CC[C@@H](C(=O)OC)[C@H](NC(=O)OCc1ccccc1)C(=O)OC(C)(C)C. The number of nitrogens with one attached hydrogen (secondary N) is 1. The number of amides is 1. The van der Waals surface area contributed by atoms with Crippen LogP contribution in [0, 0.1) is 5.92 Å². The number of benzene rings is 1. The van der Waals surface area contributed by atoms with Crippen LogP contribution >= 0.6 is 0 Å². The van der Waals surface area contributed by atoms with Crippen LogP contribution in [0.15, 0.2) is 43.0 Å². The number of hydrogen-bond acceptors (Lipinski definition) is 6. The minimum absolute atomic E-state index is 0.0259. The lowest BCUT2D eigenvalue weighted by molar-refractivity contribution is -0.163. The first-order valence-corrected chi connectivity index (χ1v) is 8.56. The summed E-state index contributed by atoms with van der Waals surface area (Å²) in [5, 5.41) is 2.43. The number of carbonyl (C=O) groups excluding carboxylic acids is 3. The lowest BCUT2D eigenvalue weighted by Crippen LogP contribution is -2.51. The minimum Gasteiger partial charge on any atom is -0.469 e. The summed E-state index contributed by atoms with van der Waals surface area (Å²) in [6, 6.07) is 7.81. The molecular weight excluding hydrogens is 350 g/mol. The van der Waals surface area contributed by atoms with Crippen LogP contribution in [0.3, 0.4) is 0 Å². The fourth-order valence-electron chi connectivity index (χ4n) is 2.28. The maximum atomic E-state index is 12.6. The van der Waals surface area contributed by atoms with Crippen molar-refractivity contribution in [3.05, 3.63) is 48.6 Å². The second kappa shape index (κ2) is 10.4. The van der Waals surface area contributed by atoms with Gasteiger partial charge in [0.15, 0.2) is 0 Å². The van der Waals surface area contributed by atoms with Gasteiger partial charge in [-0.2, -0.15) is 0 Å². The molecular formula is C20H27NO6. The van der Waals surface area contributed by atoms with E-state index in [-0.39, 0.29) is 13.0 Å². The molecule has 1 amide bonds. The second-order valence-electron chi connectivity index (χ2n) is 6.87. The topological polar surface area (TPSA) is 90.9 Å². The Kier molecular flexibility index (Phi) is 8.51. The molecule has 0 radical (unpaired) electrons. The van der Waals surface area contributed by atoms with Crippen molar-refractivity contribution >= 4 is 18.0 Å². The number of allylic oxidation sites excluding steroid dienone is 1. The highest BCUT2D eigenvalue weighted by Gasteiger charge is 2.38. The third kappa shape index (κ3) is 7.94. The van der Waals surface area contributed by atoms with Crippen LogP contribution < -0.4 is 5.32 Å². The minimum atomic E-state index is -1.27. The first-order chi connectivity index (χ1) is 12.7. The average molecular weight is 377 g/mol. The van der Waals surface area contributed by atoms with E-state index in [1.54, 1.807) is 32.9 Å². The Balaban J connectivity index is 2.91. The zero-order chi connectivity index (χ0) is 20.4. The molecule has 7 nitrogen and oxygen atoms in total. The van der Waals surface area contributed by atoms with Gasteiger partial charge in [-0.1, -0.05) is 36.4 Å². The van der Waals surface area contributed by atoms with Crippen LogP contribution in [-0.4, -0.2) is 36.8 Å². The molecule has 0 heterocycles.